The Morgan fingerprint density at radius 3 is 2.14 bits per heavy atom. The second-order valence-electron chi connectivity index (χ2n) is 12.0. The molecule has 6 aromatic rings. The van der Waals surface area contributed by atoms with Gasteiger partial charge >= 0.3 is 5.97 Å². The zero-order valence-electron chi connectivity index (χ0n) is 28.2. The molecule has 0 saturated heterocycles. The fourth-order valence-electron chi connectivity index (χ4n) is 6.30. The number of unbranched alkanes of at least 4 members (excludes halogenated alkanes) is 3. The van der Waals surface area contributed by atoms with E-state index in [1.54, 1.807) is 20.3 Å². The van der Waals surface area contributed by atoms with Crippen molar-refractivity contribution in [3.8, 4) is 33.8 Å². The Morgan fingerprint density at radius 2 is 1.55 bits per heavy atom. The molecule has 8 heteroatoms. The van der Waals surface area contributed by atoms with Gasteiger partial charge in [0.05, 0.1) is 35.8 Å². The fourth-order valence-corrected chi connectivity index (χ4v) is 7.52. The summed E-state index contributed by atoms with van der Waals surface area (Å²) < 4.78 is 15.5. The van der Waals surface area contributed by atoms with Crippen LogP contribution in [0.2, 0.25) is 0 Å². The minimum atomic E-state index is -1.21. The number of methoxy groups -OCH3 is 2. The van der Waals surface area contributed by atoms with Gasteiger partial charge in [-0.25, -0.2) is 4.79 Å². The van der Waals surface area contributed by atoms with Gasteiger partial charge in [0.15, 0.2) is 0 Å². The van der Waals surface area contributed by atoms with Crippen molar-refractivity contribution in [2.24, 2.45) is 7.05 Å². The first kappa shape index (κ1) is 33.4. The largest absolute Gasteiger partial charge is 0.497 e. The molecule has 0 aliphatic carbocycles. The number of carbonyl (C=O) groups is 1. The van der Waals surface area contributed by atoms with Gasteiger partial charge in [-0.3, -0.25) is 0 Å². The third-order valence-corrected chi connectivity index (χ3v) is 10.1. The quantitative estimate of drug-likeness (QED) is 0.0751. The summed E-state index contributed by atoms with van der Waals surface area (Å²) in [7, 11) is 5.42. The van der Waals surface area contributed by atoms with Gasteiger partial charge in [-0.2, -0.15) is 5.26 Å². The highest BCUT2D eigenvalue weighted by atomic mass is 32.1. The first-order valence-corrected chi connectivity index (χ1v) is 17.3. The third kappa shape index (κ3) is 6.89. The van der Waals surface area contributed by atoms with E-state index in [4.69, 9.17) is 9.47 Å². The maximum Gasteiger partial charge on any atom is 0.346 e. The van der Waals surface area contributed by atoms with E-state index in [2.05, 4.69) is 95.9 Å². The first-order valence-electron chi connectivity index (χ1n) is 16.4. The van der Waals surface area contributed by atoms with Crippen molar-refractivity contribution in [2.45, 2.75) is 39.0 Å². The number of hydrogen-bond donors (Lipinski definition) is 1. The van der Waals surface area contributed by atoms with E-state index < -0.39 is 5.97 Å². The van der Waals surface area contributed by atoms with Crippen molar-refractivity contribution < 1.29 is 19.4 Å². The number of ether oxygens (including phenoxy) is 2. The minimum absolute atomic E-state index is 0.259. The van der Waals surface area contributed by atoms with Crippen molar-refractivity contribution in [3.05, 3.63) is 106 Å². The lowest BCUT2D eigenvalue weighted by Crippen LogP contribution is -1.96. The van der Waals surface area contributed by atoms with Crippen LogP contribution in [-0.4, -0.2) is 34.4 Å². The molecule has 49 heavy (non-hydrogen) atoms. The van der Waals surface area contributed by atoms with Gasteiger partial charge in [-0.05, 0) is 103 Å². The molecule has 248 valence electrons. The van der Waals surface area contributed by atoms with E-state index >= 15 is 0 Å². The van der Waals surface area contributed by atoms with Crippen LogP contribution in [0.25, 0.3) is 56.3 Å². The molecule has 6 rings (SSSR count). The summed E-state index contributed by atoms with van der Waals surface area (Å²) in [6, 6.07) is 28.9. The van der Waals surface area contributed by atoms with Crippen molar-refractivity contribution in [1.29, 1.82) is 5.26 Å². The van der Waals surface area contributed by atoms with Gasteiger partial charge in [0.25, 0.3) is 0 Å². The number of rotatable bonds is 13. The molecule has 3 aromatic heterocycles. The molecule has 0 bridgehead atoms. The fraction of sp³-hybridized carbons (Fsp3) is 0.220. The molecule has 0 atom stereocenters. The highest BCUT2D eigenvalue weighted by Gasteiger charge is 2.17. The maximum atomic E-state index is 11.5. The number of carboxylic acids is 1. The summed E-state index contributed by atoms with van der Waals surface area (Å²) in [5.41, 5.74) is 7.36. The molecule has 0 saturated carbocycles. The predicted octanol–water partition coefficient (Wildman–Crippen LogP) is 10.2. The van der Waals surface area contributed by atoms with Gasteiger partial charge in [-0.15, -0.1) is 11.3 Å². The molecule has 0 radical (unpaired) electrons. The molecule has 0 unspecified atom stereocenters. The van der Waals surface area contributed by atoms with Crippen LogP contribution in [0, 0.1) is 11.3 Å². The van der Waals surface area contributed by atoms with E-state index in [0.29, 0.717) is 0 Å². The number of nitriles is 1. The van der Waals surface area contributed by atoms with Crippen LogP contribution in [0.3, 0.4) is 0 Å². The Hall–Kier alpha value is -5.52. The lowest BCUT2D eigenvalue weighted by Gasteiger charge is -2.09. The summed E-state index contributed by atoms with van der Waals surface area (Å²) in [5.74, 6) is 0.409. The Balaban J connectivity index is 1.29. The Morgan fingerprint density at radius 1 is 0.878 bits per heavy atom. The zero-order valence-corrected chi connectivity index (χ0v) is 29.0. The highest BCUT2D eigenvalue weighted by Crippen LogP contribution is 2.38. The number of fused-ring (bicyclic) bond motifs is 3. The molecular formula is C41H39N3O4S. The average Bonchev–Trinajstić information content (AvgIpc) is 3.80. The number of thiophene rings is 1. The number of carboxylic acid groups (broad SMARTS) is 1. The van der Waals surface area contributed by atoms with Gasteiger partial charge in [-0.1, -0.05) is 44.4 Å². The number of nitrogens with zero attached hydrogens (tertiary/aromatic N) is 3. The second kappa shape index (κ2) is 14.7. The monoisotopic (exact) mass is 669 g/mol. The van der Waals surface area contributed by atoms with Crippen LogP contribution >= 0.6 is 11.3 Å². The topological polar surface area (TPSA) is 89.4 Å². The SMILES string of the molecule is CCCCCCc1cc(/C=C(\C#N)C(=O)O)sc1-c1ccc(/C=C/c2ccc(-n3c4ccc(OC)cc4c4cc(OC)ccc43)cc2)n1C. The lowest BCUT2D eigenvalue weighted by atomic mass is 10.1. The molecule has 0 aliphatic heterocycles. The predicted molar refractivity (Wildman–Crippen MR) is 201 cm³/mol. The first-order chi connectivity index (χ1) is 23.8. The lowest BCUT2D eigenvalue weighted by molar-refractivity contribution is -0.132. The van der Waals surface area contributed by atoms with Crippen LogP contribution in [0.4, 0.5) is 0 Å². The Labute approximate surface area is 290 Å². The molecule has 0 fully saturated rings. The van der Waals surface area contributed by atoms with Crippen LogP contribution in [0.1, 0.15) is 54.3 Å². The van der Waals surface area contributed by atoms with Crippen molar-refractivity contribution in [3.63, 3.8) is 0 Å². The molecule has 0 spiro atoms. The number of aryl methyl sites for hydroxylation is 1. The van der Waals surface area contributed by atoms with E-state index in [9.17, 15) is 15.2 Å². The minimum Gasteiger partial charge on any atom is -0.497 e. The molecular weight excluding hydrogens is 631 g/mol. The van der Waals surface area contributed by atoms with Crippen LogP contribution in [0.15, 0.2) is 84.4 Å². The summed E-state index contributed by atoms with van der Waals surface area (Å²) in [6.07, 6.45) is 11.2. The normalized spacial score (nSPS) is 11.9. The molecule has 3 heterocycles. The summed E-state index contributed by atoms with van der Waals surface area (Å²) in [5, 5.41) is 20.9. The standard InChI is InChI=1S/C41H39N3O4S/c1-5-6-7-8-9-28-22-34(23-29(26-42)41(45)46)49-40(28)39-19-16-30(43(39)2)13-10-27-11-14-31(15-12-27)44-37-20-17-32(47-3)24-35(37)36-25-33(48-4)18-21-38(36)44/h10-25H,5-9H2,1-4H3,(H,45,46)/b13-10+,29-23+. The van der Waals surface area contributed by atoms with Gasteiger partial charge < -0.3 is 23.7 Å². The highest BCUT2D eigenvalue weighted by molar-refractivity contribution is 7.16. The molecule has 3 aromatic carbocycles. The number of aromatic nitrogens is 2. The van der Waals surface area contributed by atoms with Crippen LogP contribution in [-0.2, 0) is 18.3 Å². The Kier molecular flexibility index (Phi) is 10.0. The van der Waals surface area contributed by atoms with Crippen molar-refractivity contribution in [2.75, 3.05) is 14.2 Å². The van der Waals surface area contributed by atoms with Crippen LogP contribution < -0.4 is 9.47 Å². The van der Waals surface area contributed by atoms with Crippen molar-refractivity contribution >= 4 is 57.3 Å². The zero-order chi connectivity index (χ0) is 34.5. The average molecular weight is 670 g/mol. The van der Waals surface area contributed by atoms with Gasteiger partial charge in [0.2, 0.25) is 0 Å². The maximum absolute atomic E-state index is 11.5. The second-order valence-corrected chi connectivity index (χ2v) is 13.1. The van der Waals surface area contributed by atoms with E-state index in [0.717, 1.165) is 91.4 Å². The summed E-state index contributed by atoms with van der Waals surface area (Å²) in [6.45, 7) is 2.20. The van der Waals surface area contributed by atoms with Crippen LogP contribution in [0.5, 0.6) is 11.5 Å². The van der Waals surface area contributed by atoms with Crippen molar-refractivity contribution in [1.82, 2.24) is 9.13 Å². The molecule has 1 N–H and O–H groups in total. The van der Waals surface area contributed by atoms with E-state index in [1.165, 1.54) is 29.4 Å². The number of benzene rings is 3. The summed E-state index contributed by atoms with van der Waals surface area (Å²) in [4.78, 5) is 13.4. The number of aliphatic carboxylic acids is 1. The molecule has 7 nitrogen and oxygen atoms in total. The summed E-state index contributed by atoms with van der Waals surface area (Å²) >= 11 is 1.53. The third-order valence-electron chi connectivity index (χ3n) is 8.94. The smallest absolute Gasteiger partial charge is 0.346 e. The Bertz CT molecular complexity index is 2180. The molecule has 0 aliphatic rings. The number of hydrogen-bond acceptors (Lipinski definition) is 5. The van der Waals surface area contributed by atoms with Gasteiger partial charge in [0.1, 0.15) is 23.1 Å². The van der Waals surface area contributed by atoms with E-state index in [-0.39, 0.29) is 5.57 Å². The van der Waals surface area contributed by atoms with Gasteiger partial charge in [0, 0.05) is 34.1 Å². The molecule has 0 amide bonds. The van der Waals surface area contributed by atoms with E-state index in [1.807, 2.05) is 18.2 Å².